The summed E-state index contributed by atoms with van der Waals surface area (Å²) in [5, 5.41) is 4.70. The van der Waals surface area contributed by atoms with Crippen molar-refractivity contribution in [3.8, 4) is 11.5 Å². The molecule has 1 atom stereocenters. The number of ether oxygens (including phenoxy) is 2. The van der Waals surface area contributed by atoms with Crippen molar-refractivity contribution < 1.29 is 9.47 Å². The van der Waals surface area contributed by atoms with Crippen LogP contribution in [0.5, 0.6) is 11.5 Å². The van der Waals surface area contributed by atoms with Crippen molar-refractivity contribution in [3.63, 3.8) is 0 Å². The predicted octanol–water partition coefficient (Wildman–Crippen LogP) is 3.57. The number of nitrogens with one attached hydrogen (secondary N) is 1. The highest BCUT2D eigenvalue weighted by Crippen LogP contribution is 2.29. The van der Waals surface area contributed by atoms with Gasteiger partial charge in [-0.15, -0.1) is 11.3 Å². The van der Waals surface area contributed by atoms with Gasteiger partial charge in [-0.25, -0.2) is 4.98 Å². The molecule has 0 bridgehead atoms. The van der Waals surface area contributed by atoms with Crippen molar-refractivity contribution in [2.24, 2.45) is 0 Å². The van der Waals surface area contributed by atoms with Crippen molar-refractivity contribution in [3.05, 3.63) is 39.8 Å². The van der Waals surface area contributed by atoms with Crippen molar-refractivity contribution in [2.75, 3.05) is 14.2 Å². The van der Waals surface area contributed by atoms with Crippen LogP contribution in [-0.4, -0.2) is 19.2 Å². The molecule has 0 fully saturated rings. The number of aromatic nitrogens is 1. The van der Waals surface area contributed by atoms with Crippen LogP contribution in [0.2, 0.25) is 0 Å². The quantitative estimate of drug-likeness (QED) is 0.849. The maximum atomic E-state index is 5.45. The van der Waals surface area contributed by atoms with Crippen LogP contribution in [0.4, 0.5) is 0 Å². The summed E-state index contributed by atoms with van der Waals surface area (Å²) in [5.74, 6) is 1.64. The SMILES string of the molecule is CCc1ncc(CNC(C)c2ccc(OC)cc2OC)s1. The second-order valence-electron chi connectivity index (χ2n) is 4.78. The van der Waals surface area contributed by atoms with Gasteiger partial charge in [0.2, 0.25) is 0 Å². The zero-order valence-electron chi connectivity index (χ0n) is 13.0. The second kappa shape index (κ2) is 7.43. The number of benzene rings is 1. The van der Waals surface area contributed by atoms with Crippen molar-refractivity contribution in [1.82, 2.24) is 10.3 Å². The lowest BCUT2D eigenvalue weighted by atomic mass is 10.1. The minimum absolute atomic E-state index is 0.193. The molecule has 2 aromatic rings. The van der Waals surface area contributed by atoms with E-state index < -0.39 is 0 Å². The molecule has 0 aliphatic rings. The van der Waals surface area contributed by atoms with Gasteiger partial charge in [0, 0.05) is 35.3 Å². The first-order valence-corrected chi connectivity index (χ1v) is 7.88. The minimum atomic E-state index is 0.193. The predicted molar refractivity (Wildman–Crippen MR) is 86.3 cm³/mol. The van der Waals surface area contributed by atoms with Gasteiger partial charge in [-0.05, 0) is 19.4 Å². The van der Waals surface area contributed by atoms with E-state index >= 15 is 0 Å². The number of rotatable bonds is 7. The molecule has 0 spiro atoms. The largest absolute Gasteiger partial charge is 0.497 e. The van der Waals surface area contributed by atoms with Gasteiger partial charge in [0.05, 0.1) is 19.2 Å². The van der Waals surface area contributed by atoms with Crippen molar-refractivity contribution in [2.45, 2.75) is 32.9 Å². The Bertz CT molecular complexity index is 583. The van der Waals surface area contributed by atoms with Crippen molar-refractivity contribution >= 4 is 11.3 Å². The molecular weight excluding hydrogens is 284 g/mol. The lowest BCUT2D eigenvalue weighted by molar-refractivity contribution is 0.386. The van der Waals surface area contributed by atoms with E-state index in [1.807, 2.05) is 24.4 Å². The summed E-state index contributed by atoms with van der Waals surface area (Å²) in [6.45, 7) is 5.07. The van der Waals surface area contributed by atoms with E-state index in [2.05, 4.69) is 24.1 Å². The number of methoxy groups -OCH3 is 2. The minimum Gasteiger partial charge on any atom is -0.497 e. The summed E-state index contributed by atoms with van der Waals surface area (Å²) in [6.07, 6.45) is 2.95. The van der Waals surface area contributed by atoms with Gasteiger partial charge in [-0.2, -0.15) is 0 Å². The van der Waals surface area contributed by atoms with E-state index in [0.717, 1.165) is 30.0 Å². The van der Waals surface area contributed by atoms with E-state index in [1.165, 1.54) is 9.88 Å². The van der Waals surface area contributed by atoms with Gasteiger partial charge >= 0.3 is 0 Å². The monoisotopic (exact) mass is 306 g/mol. The Labute approximate surface area is 130 Å². The van der Waals surface area contributed by atoms with Gasteiger partial charge < -0.3 is 14.8 Å². The molecule has 4 nitrogen and oxygen atoms in total. The van der Waals surface area contributed by atoms with E-state index in [-0.39, 0.29) is 6.04 Å². The summed E-state index contributed by atoms with van der Waals surface area (Å²) < 4.78 is 10.7. The summed E-state index contributed by atoms with van der Waals surface area (Å²) >= 11 is 1.76. The van der Waals surface area contributed by atoms with E-state index in [4.69, 9.17) is 9.47 Å². The molecule has 0 saturated heterocycles. The summed E-state index contributed by atoms with van der Waals surface area (Å²) in [6, 6.07) is 6.10. The number of thiazole rings is 1. The molecule has 0 saturated carbocycles. The Balaban J connectivity index is 2.04. The Morgan fingerprint density at radius 3 is 2.71 bits per heavy atom. The van der Waals surface area contributed by atoms with Crippen LogP contribution in [0.15, 0.2) is 24.4 Å². The first-order valence-electron chi connectivity index (χ1n) is 7.06. The zero-order valence-corrected chi connectivity index (χ0v) is 13.8. The number of hydrogen-bond acceptors (Lipinski definition) is 5. The van der Waals surface area contributed by atoms with Gasteiger partial charge in [-0.1, -0.05) is 13.0 Å². The van der Waals surface area contributed by atoms with Crippen LogP contribution in [-0.2, 0) is 13.0 Å². The lowest BCUT2D eigenvalue weighted by Gasteiger charge is -2.17. The summed E-state index contributed by atoms with van der Waals surface area (Å²) in [5.41, 5.74) is 1.12. The highest BCUT2D eigenvalue weighted by Gasteiger charge is 2.12. The number of nitrogens with zero attached hydrogens (tertiary/aromatic N) is 1. The highest BCUT2D eigenvalue weighted by atomic mass is 32.1. The zero-order chi connectivity index (χ0) is 15.2. The van der Waals surface area contributed by atoms with Gasteiger partial charge in [0.25, 0.3) is 0 Å². The maximum Gasteiger partial charge on any atom is 0.127 e. The third kappa shape index (κ3) is 3.95. The van der Waals surface area contributed by atoms with Gasteiger partial charge in [0.1, 0.15) is 11.5 Å². The summed E-state index contributed by atoms with van der Waals surface area (Å²) in [4.78, 5) is 5.63. The topological polar surface area (TPSA) is 43.4 Å². The molecule has 1 aromatic carbocycles. The summed E-state index contributed by atoms with van der Waals surface area (Å²) in [7, 11) is 3.34. The molecule has 1 aromatic heterocycles. The second-order valence-corrected chi connectivity index (χ2v) is 5.98. The Morgan fingerprint density at radius 1 is 1.29 bits per heavy atom. The molecule has 2 rings (SSSR count). The molecule has 1 unspecified atom stereocenters. The number of hydrogen-bond donors (Lipinski definition) is 1. The average Bonchev–Trinajstić information content (AvgIpc) is 3.00. The molecule has 0 aliphatic heterocycles. The average molecular weight is 306 g/mol. The van der Waals surface area contributed by atoms with Crippen LogP contribution < -0.4 is 14.8 Å². The van der Waals surface area contributed by atoms with Crippen LogP contribution >= 0.6 is 11.3 Å². The third-order valence-electron chi connectivity index (χ3n) is 3.39. The molecule has 5 heteroatoms. The highest BCUT2D eigenvalue weighted by molar-refractivity contribution is 7.11. The van der Waals surface area contributed by atoms with Crippen LogP contribution in [0.1, 0.15) is 35.3 Å². The molecule has 1 N–H and O–H groups in total. The standard InChI is InChI=1S/C16H22N2O2S/c1-5-16-18-10-13(21-16)9-17-11(2)14-7-6-12(19-3)8-15(14)20-4/h6-8,10-11,17H,5,9H2,1-4H3. The van der Waals surface area contributed by atoms with Crippen LogP contribution in [0.3, 0.4) is 0 Å². The molecule has 1 heterocycles. The van der Waals surface area contributed by atoms with Gasteiger partial charge in [-0.3, -0.25) is 0 Å². The molecule has 114 valence electrons. The fourth-order valence-electron chi connectivity index (χ4n) is 2.13. The first kappa shape index (κ1) is 15.8. The first-order chi connectivity index (χ1) is 10.2. The normalized spacial score (nSPS) is 12.2. The fraction of sp³-hybridized carbons (Fsp3) is 0.438. The Kier molecular flexibility index (Phi) is 5.59. The maximum absolute atomic E-state index is 5.45. The smallest absolute Gasteiger partial charge is 0.127 e. The molecule has 21 heavy (non-hydrogen) atoms. The van der Waals surface area contributed by atoms with E-state index in [0.29, 0.717) is 0 Å². The molecular formula is C16H22N2O2S. The molecule has 0 radical (unpaired) electrons. The molecule has 0 amide bonds. The van der Waals surface area contributed by atoms with E-state index in [1.54, 1.807) is 25.6 Å². The molecule has 0 aliphatic carbocycles. The van der Waals surface area contributed by atoms with Crippen LogP contribution in [0.25, 0.3) is 0 Å². The van der Waals surface area contributed by atoms with Gasteiger partial charge in [0.15, 0.2) is 0 Å². The van der Waals surface area contributed by atoms with E-state index in [9.17, 15) is 0 Å². The van der Waals surface area contributed by atoms with Crippen molar-refractivity contribution in [1.29, 1.82) is 0 Å². The Morgan fingerprint density at radius 2 is 2.10 bits per heavy atom. The lowest BCUT2D eigenvalue weighted by Crippen LogP contribution is -2.18. The third-order valence-corrected chi connectivity index (χ3v) is 4.54. The van der Waals surface area contributed by atoms with Crippen LogP contribution in [0, 0.1) is 0 Å². The Hall–Kier alpha value is -1.59. The fourth-order valence-corrected chi connectivity index (χ4v) is 2.95. The number of aryl methyl sites for hydroxylation is 1.